The van der Waals surface area contributed by atoms with Crippen molar-refractivity contribution in [2.45, 2.75) is 45.4 Å². The molecule has 1 saturated heterocycles. The van der Waals surface area contributed by atoms with E-state index in [1.165, 1.54) is 16.9 Å². The Morgan fingerprint density at radius 2 is 1.68 bits per heavy atom. The van der Waals surface area contributed by atoms with Crippen molar-refractivity contribution in [3.8, 4) is 0 Å². The highest BCUT2D eigenvalue weighted by molar-refractivity contribution is 7.89. The van der Waals surface area contributed by atoms with E-state index in [4.69, 9.17) is 4.98 Å². The number of hydrogen-bond acceptors (Lipinski definition) is 6. The summed E-state index contributed by atoms with van der Waals surface area (Å²) in [5, 5.41) is 0.667. The number of aryl methyl sites for hydroxylation is 2. The number of hydrogen-bond donors (Lipinski definition) is 0. The summed E-state index contributed by atoms with van der Waals surface area (Å²) in [6, 6.07) is 10.5. The number of nitrogens with zero attached hydrogens (tertiary/aromatic N) is 4. The Morgan fingerprint density at radius 3 is 2.30 bits per heavy atom. The van der Waals surface area contributed by atoms with Gasteiger partial charge in [0.2, 0.25) is 10.0 Å². The van der Waals surface area contributed by atoms with E-state index in [0.717, 1.165) is 35.2 Å². The molecule has 2 unspecified atom stereocenters. The molecule has 0 aliphatic carbocycles. The van der Waals surface area contributed by atoms with E-state index in [9.17, 15) is 13.2 Å². The van der Waals surface area contributed by atoms with Gasteiger partial charge in [0.25, 0.3) is 5.91 Å². The number of sulfonamides is 1. The molecule has 2 heterocycles. The van der Waals surface area contributed by atoms with Gasteiger partial charge in [0.15, 0.2) is 5.13 Å². The number of carbonyl (C=O) groups is 1. The molecule has 0 N–H and O–H groups in total. The van der Waals surface area contributed by atoms with E-state index in [-0.39, 0.29) is 10.8 Å². The predicted molar refractivity (Wildman–Crippen MR) is 152 cm³/mol. The van der Waals surface area contributed by atoms with Crippen molar-refractivity contribution in [1.82, 2.24) is 14.2 Å². The van der Waals surface area contributed by atoms with E-state index < -0.39 is 10.0 Å². The summed E-state index contributed by atoms with van der Waals surface area (Å²) in [4.78, 5) is 22.6. The topological polar surface area (TPSA) is 73.8 Å². The molecular formula is C28H38N4O3S2. The normalized spacial score (nSPS) is 19.0. The Kier molecular flexibility index (Phi) is 8.38. The number of amides is 1. The SMILES string of the molecule is Cc1ccc2sc(N(CCCN(C)C)C(=O)c3ccc(S(=O)(=O)N4CC(C)CC(C)C4)cc3)nc2c1C. The summed E-state index contributed by atoms with van der Waals surface area (Å²) < 4.78 is 29.2. The first-order valence-corrected chi connectivity index (χ1v) is 15.2. The lowest BCUT2D eigenvalue weighted by Crippen LogP contribution is -2.42. The molecule has 37 heavy (non-hydrogen) atoms. The Bertz CT molecular complexity index is 1360. The van der Waals surface area contributed by atoms with Crippen LogP contribution in [0.4, 0.5) is 5.13 Å². The highest BCUT2D eigenvalue weighted by Crippen LogP contribution is 2.33. The largest absolute Gasteiger partial charge is 0.309 e. The lowest BCUT2D eigenvalue weighted by Gasteiger charge is -2.34. The van der Waals surface area contributed by atoms with Crippen molar-refractivity contribution in [3.05, 3.63) is 53.1 Å². The lowest BCUT2D eigenvalue weighted by molar-refractivity contribution is 0.0986. The Labute approximate surface area is 225 Å². The molecule has 0 bridgehead atoms. The molecule has 3 aromatic rings. The van der Waals surface area contributed by atoms with Crippen molar-refractivity contribution in [2.24, 2.45) is 11.8 Å². The maximum atomic E-state index is 13.7. The molecule has 1 aliphatic rings. The molecule has 1 aromatic heterocycles. The molecule has 1 aliphatic heterocycles. The summed E-state index contributed by atoms with van der Waals surface area (Å²) in [5.74, 6) is 0.490. The molecule has 2 aromatic carbocycles. The first-order chi connectivity index (χ1) is 17.5. The minimum absolute atomic E-state index is 0.170. The van der Waals surface area contributed by atoms with Crippen LogP contribution in [0.25, 0.3) is 10.2 Å². The fourth-order valence-electron chi connectivity index (χ4n) is 5.04. The van der Waals surface area contributed by atoms with Gasteiger partial charge in [-0.1, -0.05) is 31.3 Å². The van der Waals surface area contributed by atoms with Crippen LogP contribution in [0.1, 0.15) is 48.2 Å². The molecule has 200 valence electrons. The van der Waals surface area contributed by atoms with Crippen LogP contribution in [-0.2, 0) is 10.0 Å². The van der Waals surface area contributed by atoms with Crippen molar-refractivity contribution in [3.63, 3.8) is 0 Å². The third kappa shape index (κ3) is 6.06. The smallest absolute Gasteiger partial charge is 0.260 e. The average molecular weight is 543 g/mol. The van der Waals surface area contributed by atoms with Crippen molar-refractivity contribution < 1.29 is 13.2 Å². The maximum absolute atomic E-state index is 13.7. The molecule has 9 heteroatoms. The summed E-state index contributed by atoms with van der Waals surface area (Å²) in [7, 11) is 0.426. The van der Waals surface area contributed by atoms with Gasteiger partial charge in [-0.05, 0) is 101 Å². The molecule has 1 amide bonds. The third-order valence-electron chi connectivity index (χ3n) is 7.11. The van der Waals surface area contributed by atoms with Crippen LogP contribution >= 0.6 is 11.3 Å². The van der Waals surface area contributed by atoms with Gasteiger partial charge in [0.05, 0.1) is 15.1 Å². The monoisotopic (exact) mass is 542 g/mol. The number of anilines is 1. The second-order valence-electron chi connectivity index (χ2n) is 10.8. The number of carbonyl (C=O) groups excluding carboxylic acids is 1. The van der Waals surface area contributed by atoms with Crippen molar-refractivity contribution >= 4 is 42.6 Å². The highest BCUT2D eigenvalue weighted by atomic mass is 32.2. The zero-order chi connectivity index (χ0) is 26.9. The number of benzene rings is 2. The predicted octanol–water partition coefficient (Wildman–Crippen LogP) is 5.18. The Balaban J connectivity index is 1.62. The van der Waals surface area contributed by atoms with Crippen LogP contribution in [0, 0.1) is 25.7 Å². The average Bonchev–Trinajstić information content (AvgIpc) is 3.28. The van der Waals surface area contributed by atoms with E-state index in [1.807, 2.05) is 14.1 Å². The van der Waals surface area contributed by atoms with Crippen LogP contribution in [0.15, 0.2) is 41.3 Å². The molecule has 4 rings (SSSR count). The van der Waals surface area contributed by atoms with Crippen LogP contribution < -0.4 is 4.90 Å². The first kappa shape index (κ1) is 27.7. The molecule has 2 atom stereocenters. The van der Waals surface area contributed by atoms with Gasteiger partial charge in [-0.3, -0.25) is 9.69 Å². The standard InChI is InChI=1S/C28H38N4O3S2/c1-19-16-20(2)18-31(17-19)37(34,35)24-11-9-23(10-12-24)27(33)32(15-7-14-30(5)6)28-29-26-22(4)21(3)8-13-25(26)36-28/h8-13,19-20H,7,14-18H2,1-6H3. The highest BCUT2D eigenvalue weighted by Gasteiger charge is 2.32. The van der Waals surface area contributed by atoms with E-state index in [1.54, 1.807) is 33.5 Å². The zero-order valence-corrected chi connectivity index (χ0v) is 24.3. The van der Waals surface area contributed by atoms with Gasteiger partial charge in [0.1, 0.15) is 0 Å². The Hall–Kier alpha value is -2.33. The van der Waals surface area contributed by atoms with Crippen LogP contribution in [0.5, 0.6) is 0 Å². The van der Waals surface area contributed by atoms with Gasteiger partial charge in [-0.25, -0.2) is 13.4 Å². The summed E-state index contributed by atoms with van der Waals surface area (Å²) in [6.07, 6.45) is 1.83. The van der Waals surface area contributed by atoms with E-state index >= 15 is 0 Å². The number of thiazole rings is 1. The summed E-state index contributed by atoms with van der Waals surface area (Å²) in [6.45, 7) is 10.7. The minimum atomic E-state index is -3.60. The molecule has 0 spiro atoms. The number of piperidine rings is 1. The zero-order valence-electron chi connectivity index (χ0n) is 22.7. The second kappa shape index (κ2) is 11.2. The van der Waals surface area contributed by atoms with Gasteiger partial charge in [0, 0.05) is 25.2 Å². The van der Waals surface area contributed by atoms with Gasteiger partial charge in [-0.2, -0.15) is 4.31 Å². The summed E-state index contributed by atoms with van der Waals surface area (Å²) in [5.41, 5.74) is 3.67. The van der Waals surface area contributed by atoms with Crippen molar-refractivity contribution in [2.75, 3.05) is 45.2 Å². The third-order valence-corrected chi connectivity index (χ3v) is 10.0. The number of aromatic nitrogens is 1. The van der Waals surface area contributed by atoms with E-state index in [0.29, 0.717) is 42.2 Å². The van der Waals surface area contributed by atoms with Gasteiger partial charge >= 0.3 is 0 Å². The van der Waals surface area contributed by atoms with Crippen LogP contribution in [0.3, 0.4) is 0 Å². The minimum Gasteiger partial charge on any atom is -0.309 e. The second-order valence-corrected chi connectivity index (χ2v) is 13.7. The van der Waals surface area contributed by atoms with Gasteiger partial charge < -0.3 is 4.90 Å². The fourth-order valence-corrected chi connectivity index (χ4v) is 7.76. The maximum Gasteiger partial charge on any atom is 0.260 e. The molecule has 7 nitrogen and oxygen atoms in total. The molecule has 0 radical (unpaired) electrons. The quantitative estimate of drug-likeness (QED) is 0.392. The fraction of sp³-hybridized carbons (Fsp3) is 0.500. The molecular weight excluding hydrogens is 504 g/mol. The lowest BCUT2D eigenvalue weighted by atomic mass is 9.94. The van der Waals surface area contributed by atoms with Crippen LogP contribution in [0.2, 0.25) is 0 Å². The van der Waals surface area contributed by atoms with E-state index in [2.05, 4.69) is 44.7 Å². The molecule has 0 saturated carbocycles. The van der Waals surface area contributed by atoms with Gasteiger partial charge in [-0.15, -0.1) is 0 Å². The molecule has 1 fully saturated rings. The number of rotatable bonds is 8. The Morgan fingerprint density at radius 1 is 1.03 bits per heavy atom. The van der Waals surface area contributed by atoms with Crippen LogP contribution in [-0.4, -0.2) is 68.8 Å². The number of fused-ring (bicyclic) bond motifs is 1. The first-order valence-electron chi connectivity index (χ1n) is 12.9. The summed E-state index contributed by atoms with van der Waals surface area (Å²) >= 11 is 1.51. The van der Waals surface area contributed by atoms with Crippen molar-refractivity contribution in [1.29, 1.82) is 0 Å².